The van der Waals surface area contributed by atoms with Crippen LogP contribution in [0.15, 0.2) is 23.7 Å². The molecule has 0 fully saturated rings. The summed E-state index contributed by atoms with van der Waals surface area (Å²) in [5, 5.41) is 2.12. The van der Waals surface area contributed by atoms with Crippen molar-refractivity contribution >= 4 is 17.8 Å². The second-order valence-electron chi connectivity index (χ2n) is 2.93. The third kappa shape index (κ3) is 4.13. The van der Waals surface area contributed by atoms with E-state index in [4.69, 9.17) is 0 Å². The van der Waals surface area contributed by atoms with E-state index >= 15 is 0 Å². The smallest absolute Gasteiger partial charge is 0.0637 e. The normalized spacial score (nSPS) is 10.9. The summed E-state index contributed by atoms with van der Waals surface area (Å²) in [5.74, 6) is 1.18. The van der Waals surface area contributed by atoms with Crippen LogP contribution in [0.4, 0.5) is 0 Å². The Bertz CT molecular complexity index is 281. The summed E-state index contributed by atoms with van der Waals surface area (Å²) in [6.45, 7) is 4.27. The quantitative estimate of drug-likeness (QED) is 0.679. The van der Waals surface area contributed by atoms with Crippen LogP contribution in [0.3, 0.4) is 0 Å². The third-order valence-electron chi connectivity index (χ3n) is 1.59. The molecule has 1 aromatic heterocycles. The molecule has 0 amide bonds. The number of aryl methyl sites for hydroxylation is 1. The van der Waals surface area contributed by atoms with E-state index in [0.717, 1.165) is 5.69 Å². The molecule has 1 rings (SSSR count). The van der Waals surface area contributed by atoms with Crippen LogP contribution >= 0.6 is 11.8 Å². The number of rotatable bonds is 4. The molecular weight excluding hydrogens is 178 g/mol. The molecule has 0 N–H and O–H groups in total. The van der Waals surface area contributed by atoms with Crippen molar-refractivity contribution in [1.29, 1.82) is 0 Å². The maximum Gasteiger partial charge on any atom is 0.0637 e. The Balaban J connectivity index is 2.48. The predicted molar refractivity (Wildman–Crippen MR) is 60.8 cm³/mol. The highest BCUT2D eigenvalue weighted by atomic mass is 32.2. The highest BCUT2D eigenvalue weighted by molar-refractivity contribution is 8.02. The van der Waals surface area contributed by atoms with E-state index in [1.807, 2.05) is 24.0 Å². The van der Waals surface area contributed by atoms with Crippen molar-refractivity contribution in [2.75, 3.05) is 5.75 Å². The number of nitrogens with zero attached hydrogens (tertiary/aromatic N) is 1. The largest absolute Gasteiger partial charge is 0.257 e. The van der Waals surface area contributed by atoms with Crippen molar-refractivity contribution in [3.63, 3.8) is 0 Å². The van der Waals surface area contributed by atoms with Crippen LogP contribution in [0.2, 0.25) is 0 Å². The number of pyridine rings is 1. The molecule has 0 aliphatic heterocycles. The molecule has 1 nitrogen and oxygen atoms in total. The molecule has 1 aromatic rings. The first kappa shape index (κ1) is 10.3. The van der Waals surface area contributed by atoms with Gasteiger partial charge in [-0.1, -0.05) is 6.92 Å². The van der Waals surface area contributed by atoms with Gasteiger partial charge in [0.2, 0.25) is 0 Å². The summed E-state index contributed by atoms with van der Waals surface area (Å²) in [6, 6.07) is 4.10. The van der Waals surface area contributed by atoms with Gasteiger partial charge in [0.1, 0.15) is 0 Å². The molecule has 13 heavy (non-hydrogen) atoms. The van der Waals surface area contributed by atoms with Crippen molar-refractivity contribution in [2.45, 2.75) is 20.3 Å². The lowest BCUT2D eigenvalue weighted by atomic mass is 10.2. The van der Waals surface area contributed by atoms with Crippen LogP contribution < -0.4 is 0 Å². The Labute approximate surface area is 84.3 Å². The van der Waals surface area contributed by atoms with Gasteiger partial charge in [-0.3, -0.25) is 4.98 Å². The molecule has 0 radical (unpaired) electrons. The van der Waals surface area contributed by atoms with Crippen LogP contribution in [0.25, 0.3) is 6.08 Å². The summed E-state index contributed by atoms with van der Waals surface area (Å²) in [4.78, 5) is 4.24. The molecule has 0 aromatic carbocycles. The van der Waals surface area contributed by atoms with Crippen molar-refractivity contribution in [3.05, 3.63) is 35.0 Å². The van der Waals surface area contributed by atoms with Gasteiger partial charge in [-0.25, -0.2) is 0 Å². The summed E-state index contributed by atoms with van der Waals surface area (Å²) in [6.07, 6.45) is 5.13. The van der Waals surface area contributed by atoms with Crippen LogP contribution in [0, 0.1) is 6.92 Å². The van der Waals surface area contributed by atoms with E-state index in [0.29, 0.717) is 0 Å². The van der Waals surface area contributed by atoms with Gasteiger partial charge in [-0.15, -0.1) is 11.8 Å². The second-order valence-corrected chi connectivity index (χ2v) is 3.95. The van der Waals surface area contributed by atoms with Gasteiger partial charge in [0.05, 0.1) is 5.69 Å². The average Bonchev–Trinajstić information content (AvgIpc) is 2.13. The molecule has 0 saturated carbocycles. The van der Waals surface area contributed by atoms with Crippen molar-refractivity contribution < 1.29 is 0 Å². The third-order valence-corrected chi connectivity index (χ3v) is 2.57. The molecule has 0 aliphatic carbocycles. The molecule has 0 bridgehead atoms. The lowest BCUT2D eigenvalue weighted by Crippen LogP contribution is -1.80. The SMILES string of the molecule is CCCS/C=C/c1cc(C)ccn1. The number of aromatic nitrogens is 1. The molecule has 0 spiro atoms. The lowest BCUT2D eigenvalue weighted by molar-refractivity contribution is 1.11. The summed E-state index contributed by atoms with van der Waals surface area (Å²) < 4.78 is 0. The van der Waals surface area contributed by atoms with Gasteiger partial charge < -0.3 is 0 Å². The van der Waals surface area contributed by atoms with Gasteiger partial charge in [0.25, 0.3) is 0 Å². The number of thioether (sulfide) groups is 1. The minimum Gasteiger partial charge on any atom is -0.257 e. The van der Waals surface area contributed by atoms with E-state index in [1.165, 1.54) is 17.7 Å². The van der Waals surface area contributed by atoms with E-state index in [9.17, 15) is 0 Å². The Kier molecular flexibility index (Phi) is 4.61. The maximum atomic E-state index is 4.24. The molecule has 2 heteroatoms. The maximum absolute atomic E-state index is 4.24. The Hall–Kier alpha value is -0.760. The Morgan fingerprint density at radius 1 is 1.54 bits per heavy atom. The zero-order chi connectivity index (χ0) is 9.52. The van der Waals surface area contributed by atoms with Crippen LogP contribution in [-0.4, -0.2) is 10.7 Å². The van der Waals surface area contributed by atoms with Crippen LogP contribution in [-0.2, 0) is 0 Å². The predicted octanol–water partition coefficient (Wildman–Crippen LogP) is 3.50. The summed E-state index contributed by atoms with van der Waals surface area (Å²) in [7, 11) is 0. The lowest BCUT2D eigenvalue weighted by Gasteiger charge is -1.94. The minimum atomic E-state index is 1.05. The molecule has 0 aliphatic rings. The highest BCUT2D eigenvalue weighted by Gasteiger charge is 1.87. The molecule has 0 atom stereocenters. The van der Waals surface area contributed by atoms with Crippen LogP contribution in [0.5, 0.6) is 0 Å². The summed E-state index contributed by atoms with van der Waals surface area (Å²) in [5.41, 5.74) is 2.30. The standard InChI is InChI=1S/C11H15NS/c1-3-7-13-8-5-11-9-10(2)4-6-12-11/h4-6,8-9H,3,7H2,1-2H3/b8-5+. The van der Waals surface area contributed by atoms with Crippen LogP contribution in [0.1, 0.15) is 24.6 Å². The van der Waals surface area contributed by atoms with Crippen molar-refractivity contribution in [3.8, 4) is 0 Å². The molecule has 1 heterocycles. The Morgan fingerprint density at radius 2 is 2.38 bits per heavy atom. The molecular formula is C11H15NS. The minimum absolute atomic E-state index is 1.05. The van der Waals surface area contributed by atoms with Gasteiger partial charge in [0.15, 0.2) is 0 Å². The summed E-state index contributed by atoms with van der Waals surface area (Å²) >= 11 is 1.83. The first-order chi connectivity index (χ1) is 6.33. The fourth-order valence-corrected chi connectivity index (χ4v) is 1.56. The van der Waals surface area contributed by atoms with Gasteiger partial charge >= 0.3 is 0 Å². The zero-order valence-electron chi connectivity index (χ0n) is 8.16. The number of hydrogen-bond donors (Lipinski definition) is 0. The van der Waals surface area contributed by atoms with E-state index < -0.39 is 0 Å². The van der Waals surface area contributed by atoms with E-state index in [1.54, 1.807) is 0 Å². The molecule has 0 saturated heterocycles. The molecule has 70 valence electrons. The van der Waals surface area contributed by atoms with Gasteiger partial charge in [-0.05, 0) is 48.3 Å². The Morgan fingerprint density at radius 3 is 3.08 bits per heavy atom. The first-order valence-electron chi connectivity index (χ1n) is 4.53. The monoisotopic (exact) mass is 193 g/mol. The average molecular weight is 193 g/mol. The van der Waals surface area contributed by atoms with E-state index in [-0.39, 0.29) is 0 Å². The highest BCUT2D eigenvalue weighted by Crippen LogP contribution is 2.08. The van der Waals surface area contributed by atoms with Crippen molar-refractivity contribution in [2.24, 2.45) is 0 Å². The zero-order valence-corrected chi connectivity index (χ0v) is 8.97. The first-order valence-corrected chi connectivity index (χ1v) is 5.58. The van der Waals surface area contributed by atoms with Gasteiger partial charge in [-0.2, -0.15) is 0 Å². The topological polar surface area (TPSA) is 12.9 Å². The molecule has 0 unspecified atom stereocenters. The second kappa shape index (κ2) is 5.81. The fourth-order valence-electron chi connectivity index (χ4n) is 0.954. The fraction of sp³-hybridized carbons (Fsp3) is 0.364. The van der Waals surface area contributed by atoms with E-state index in [2.05, 4.69) is 36.4 Å². The van der Waals surface area contributed by atoms with Gasteiger partial charge in [0, 0.05) is 6.20 Å². The van der Waals surface area contributed by atoms with Crippen molar-refractivity contribution in [1.82, 2.24) is 4.98 Å². The number of hydrogen-bond acceptors (Lipinski definition) is 2.